The van der Waals surface area contributed by atoms with Crippen LogP contribution in [0, 0.1) is 0 Å². The van der Waals surface area contributed by atoms with Crippen LogP contribution in [0.15, 0.2) is 60.7 Å². The summed E-state index contributed by atoms with van der Waals surface area (Å²) in [4.78, 5) is 34.4. The van der Waals surface area contributed by atoms with E-state index in [9.17, 15) is 9.59 Å². The highest BCUT2D eigenvalue weighted by molar-refractivity contribution is 6.01. The van der Waals surface area contributed by atoms with E-state index in [0.29, 0.717) is 5.95 Å². The molecule has 174 valence electrons. The van der Waals surface area contributed by atoms with Gasteiger partial charge in [-0.25, -0.2) is 4.79 Å². The monoisotopic (exact) mass is 449 g/mol. The zero-order valence-corrected chi connectivity index (χ0v) is 20.0. The predicted octanol–water partition coefficient (Wildman–Crippen LogP) is 3.97. The Hall–Kier alpha value is -3.81. The third-order valence-corrected chi connectivity index (χ3v) is 4.70. The number of para-hydroxylation sites is 2. The summed E-state index contributed by atoms with van der Waals surface area (Å²) in [6, 6.07) is 19.0. The molecule has 3 rings (SSSR count). The fourth-order valence-electron chi connectivity index (χ4n) is 3.29. The number of benzene rings is 2. The molecule has 0 saturated heterocycles. The molecule has 8 heteroatoms. The van der Waals surface area contributed by atoms with Gasteiger partial charge in [-0.1, -0.05) is 36.4 Å². The molecule has 0 aliphatic rings. The molecule has 2 aromatic carbocycles. The Morgan fingerprint density at radius 2 is 1.55 bits per heavy atom. The summed E-state index contributed by atoms with van der Waals surface area (Å²) in [5, 5.41) is 2.82. The van der Waals surface area contributed by atoms with Crippen LogP contribution in [-0.2, 0) is 9.53 Å². The van der Waals surface area contributed by atoms with Gasteiger partial charge >= 0.3 is 5.97 Å². The van der Waals surface area contributed by atoms with E-state index in [2.05, 4.69) is 10.3 Å². The van der Waals surface area contributed by atoms with Crippen LogP contribution in [0.5, 0.6) is 0 Å². The summed E-state index contributed by atoms with van der Waals surface area (Å²) >= 11 is 0. The number of carbonyl (C=O) groups excluding carboxylic acids is 2. The highest BCUT2D eigenvalue weighted by Gasteiger charge is 2.30. The van der Waals surface area contributed by atoms with Gasteiger partial charge in [0.1, 0.15) is 5.60 Å². The molecular weight excluding hydrogens is 418 g/mol. The Morgan fingerprint density at radius 1 is 0.970 bits per heavy atom. The molecule has 0 atom stereocenters. The number of carbonyl (C=O) groups is 2. The van der Waals surface area contributed by atoms with Crippen LogP contribution in [0.25, 0.3) is 5.69 Å². The van der Waals surface area contributed by atoms with Gasteiger partial charge in [-0.3, -0.25) is 9.36 Å². The fraction of sp³-hybridized carbons (Fsp3) is 0.320. The molecule has 1 heterocycles. The Bertz CT molecular complexity index is 1100. The second-order valence-corrected chi connectivity index (χ2v) is 8.92. The maximum absolute atomic E-state index is 13.3. The third-order valence-electron chi connectivity index (χ3n) is 4.70. The van der Waals surface area contributed by atoms with Gasteiger partial charge in [-0.2, -0.15) is 4.98 Å². The van der Waals surface area contributed by atoms with Crippen molar-refractivity contribution >= 4 is 29.3 Å². The summed E-state index contributed by atoms with van der Waals surface area (Å²) in [6.07, 6.45) is 0. The zero-order valence-electron chi connectivity index (χ0n) is 20.0. The maximum Gasteiger partial charge on any atom is 0.359 e. The smallest absolute Gasteiger partial charge is 0.359 e. The number of amides is 1. The fourth-order valence-corrected chi connectivity index (χ4v) is 3.29. The maximum atomic E-state index is 13.3. The first kappa shape index (κ1) is 23.8. The summed E-state index contributed by atoms with van der Waals surface area (Å²) < 4.78 is 7.37. The molecule has 1 N–H and O–H groups in total. The van der Waals surface area contributed by atoms with Crippen LogP contribution in [0.2, 0.25) is 0 Å². The first-order valence-electron chi connectivity index (χ1n) is 10.7. The second kappa shape index (κ2) is 9.77. The van der Waals surface area contributed by atoms with Crippen molar-refractivity contribution in [1.82, 2.24) is 9.55 Å². The summed E-state index contributed by atoms with van der Waals surface area (Å²) in [6.45, 7) is 5.49. The van der Waals surface area contributed by atoms with Gasteiger partial charge < -0.3 is 19.9 Å². The van der Waals surface area contributed by atoms with Crippen molar-refractivity contribution in [2.24, 2.45) is 0 Å². The minimum Gasteiger partial charge on any atom is -0.455 e. The van der Waals surface area contributed by atoms with Gasteiger partial charge in [0.25, 0.3) is 0 Å². The number of nitrogens with one attached hydrogen (secondary N) is 1. The van der Waals surface area contributed by atoms with E-state index in [4.69, 9.17) is 4.74 Å². The molecular formula is C25H31N5O3. The Labute approximate surface area is 194 Å². The number of nitrogens with zero attached hydrogens (tertiary/aromatic N) is 4. The highest BCUT2D eigenvalue weighted by Crippen LogP contribution is 2.29. The second-order valence-electron chi connectivity index (χ2n) is 8.92. The Balaban J connectivity index is 2.01. The van der Waals surface area contributed by atoms with E-state index in [0.717, 1.165) is 11.4 Å². The van der Waals surface area contributed by atoms with Crippen LogP contribution in [0.3, 0.4) is 0 Å². The van der Waals surface area contributed by atoms with Crippen molar-refractivity contribution in [2.45, 2.75) is 26.4 Å². The number of ether oxygens (including phenoxy) is 1. The molecule has 0 aliphatic heterocycles. The highest BCUT2D eigenvalue weighted by atomic mass is 16.6. The predicted molar refractivity (Wildman–Crippen MR) is 131 cm³/mol. The van der Waals surface area contributed by atoms with Gasteiger partial charge in [0.05, 0.1) is 6.54 Å². The molecule has 0 aliphatic carbocycles. The average molecular weight is 450 g/mol. The molecule has 8 nitrogen and oxygen atoms in total. The zero-order chi connectivity index (χ0) is 24.2. The van der Waals surface area contributed by atoms with Crippen molar-refractivity contribution < 1.29 is 14.3 Å². The lowest BCUT2D eigenvalue weighted by Crippen LogP contribution is -2.31. The number of hydrogen-bond donors (Lipinski definition) is 1. The van der Waals surface area contributed by atoms with E-state index >= 15 is 0 Å². The van der Waals surface area contributed by atoms with Crippen LogP contribution in [-0.4, -0.2) is 54.7 Å². The third kappa shape index (κ3) is 5.91. The van der Waals surface area contributed by atoms with Gasteiger partial charge in [0, 0.05) is 32.5 Å². The number of imidazole rings is 1. The SMILES string of the molecule is CN(C)c1nc(NC(=O)CN(C)c2ccccc2)c(C(=O)OC(C)(C)C)n1-c1ccccc1. The van der Waals surface area contributed by atoms with Crippen molar-refractivity contribution in [3.8, 4) is 5.69 Å². The molecule has 1 aromatic heterocycles. The topological polar surface area (TPSA) is 79.7 Å². The van der Waals surface area contributed by atoms with E-state index in [1.807, 2.05) is 86.7 Å². The lowest BCUT2D eigenvalue weighted by atomic mass is 10.2. The van der Waals surface area contributed by atoms with Crippen LogP contribution in [0.4, 0.5) is 17.5 Å². The molecule has 3 aromatic rings. The van der Waals surface area contributed by atoms with Gasteiger partial charge in [-0.15, -0.1) is 0 Å². The molecule has 0 bridgehead atoms. The first-order chi connectivity index (χ1) is 15.6. The van der Waals surface area contributed by atoms with Crippen molar-refractivity contribution in [2.75, 3.05) is 42.8 Å². The van der Waals surface area contributed by atoms with E-state index in [1.54, 1.807) is 30.2 Å². The lowest BCUT2D eigenvalue weighted by molar-refractivity contribution is -0.114. The molecule has 0 unspecified atom stereocenters. The lowest BCUT2D eigenvalue weighted by Gasteiger charge is -2.21. The normalized spacial score (nSPS) is 11.1. The summed E-state index contributed by atoms with van der Waals surface area (Å²) in [5.74, 6) is -0.218. The molecule has 0 spiro atoms. The molecule has 0 radical (unpaired) electrons. The average Bonchev–Trinajstić information content (AvgIpc) is 3.13. The van der Waals surface area contributed by atoms with Crippen LogP contribution < -0.4 is 15.1 Å². The quantitative estimate of drug-likeness (QED) is 0.550. The van der Waals surface area contributed by atoms with Gasteiger partial charge in [0.15, 0.2) is 11.5 Å². The minimum atomic E-state index is -0.712. The molecule has 1 amide bonds. The number of esters is 1. The molecule has 0 fully saturated rings. The molecule has 33 heavy (non-hydrogen) atoms. The number of rotatable bonds is 7. The van der Waals surface area contributed by atoms with Crippen molar-refractivity contribution in [1.29, 1.82) is 0 Å². The van der Waals surface area contributed by atoms with E-state index in [1.165, 1.54) is 0 Å². The van der Waals surface area contributed by atoms with Crippen molar-refractivity contribution in [3.63, 3.8) is 0 Å². The largest absolute Gasteiger partial charge is 0.455 e. The summed E-state index contributed by atoms with van der Waals surface area (Å²) in [5.41, 5.74) is 1.09. The minimum absolute atomic E-state index is 0.0905. The van der Waals surface area contributed by atoms with Gasteiger partial charge in [0.2, 0.25) is 11.9 Å². The Morgan fingerprint density at radius 3 is 2.09 bits per heavy atom. The van der Waals surface area contributed by atoms with Crippen LogP contribution in [0.1, 0.15) is 31.3 Å². The Kier molecular flexibility index (Phi) is 7.06. The first-order valence-corrected chi connectivity index (χ1v) is 10.7. The van der Waals surface area contributed by atoms with Crippen LogP contribution >= 0.6 is 0 Å². The standard InChI is InChI=1S/C25H31N5O3/c1-25(2,3)33-23(32)21-22(26-20(31)17-29(6)18-13-9-7-10-14-18)27-24(28(4)5)30(21)19-15-11-8-12-16-19/h7-16H,17H2,1-6H3,(H,26,31). The molecule has 0 saturated carbocycles. The number of aromatic nitrogens is 2. The summed E-state index contributed by atoms with van der Waals surface area (Å²) in [7, 11) is 5.49. The van der Waals surface area contributed by atoms with E-state index in [-0.39, 0.29) is 24.0 Å². The van der Waals surface area contributed by atoms with Gasteiger partial charge in [-0.05, 0) is 45.0 Å². The number of anilines is 3. The number of hydrogen-bond acceptors (Lipinski definition) is 6. The number of likely N-dealkylation sites (N-methyl/N-ethyl adjacent to an activating group) is 1. The van der Waals surface area contributed by atoms with Crippen molar-refractivity contribution in [3.05, 3.63) is 66.4 Å². The van der Waals surface area contributed by atoms with E-state index < -0.39 is 11.6 Å².